The number of hydrogen-bond donors (Lipinski definition) is 3. The van der Waals surface area contributed by atoms with Crippen molar-refractivity contribution in [3.05, 3.63) is 54.1 Å². The number of methoxy groups -OCH3 is 1. The summed E-state index contributed by atoms with van der Waals surface area (Å²) >= 11 is 0. The van der Waals surface area contributed by atoms with Gasteiger partial charge in [0.15, 0.2) is 11.5 Å². The summed E-state index contributed by atoms with van der Waals surface area (Å²) in [6.07, 6.45) is 4.16. The van der Waals surface area contributed by atoms with Gasteiger partial charge in [-0.2, -0.15) is 4.31 Å². The first kappa shape index (κ1) is 34.8. The van der Waals surface area contributed by atoms with Gasteiger partial charge in [-0.1, -0.05) is 44.2 Å². The number of benzene rings is 2. The van der Waals surface area contributed by atoms with E-state index in [4.69, 9.17) is 20.6 Å². The third-order valence-corrected chi connectivity index (χ3v) is 8.60. The van der Waals surface area contributed by atoms with Crippen molar-refractivity contribution in [2.24, 2.45) is 5.92 Å². The van der Waals surface area contributed by atoms with Gasteiger partial charge < -0.3 is 24.6 Å². The molecule has 0 spiro atoms. The number of amides is 2. The molecule has 0 unspecified atom stereocenters. The van der Waals surface area contributed by atoms with Gasteiger partial charge in [0.2, 0.25) is 22.7 Å². The average Bonchev–Trinajstić information content (AvgIpc) is 3.48. The minimum atomic E-state index is -4.12. The number of carbonyl (C=O) groups excluding carboxylic acids is 2. The Morgan fingerprint density at radius 1 is 1.11 bits per heavy atom. The summed E-state index contributed by atoms with van der Waals surface area (Å²) in [7, 11) is -2.58. The molecule has 44 heavy (non-hydrogen) atoms. The number of sulfonamides is 1. The zero-order chi connectivity index (χ0) is 32.1. The molecule has 2 amide bonds. The number of fused-ring (bicyclic) bond motifs is 1. The van der Waals surface area contributed by atoms with Gasteiger partial charge in [0.1, 0.15) is 0 Å². The topological polar surface area (TPSA) is 147 Å². The third kappa shape index (κ3) is 9.93. The molecule has 2 aromatic carbocycles. The number of terminal acetylenes is 1. The second kappa shape index (κ2) is 17.0. The number of aliphatic hydroxyl groups excluding tert-OH is 1. The summed E-state index contributed by atoms with van der Waals surface area (Å²) < 4.78 is 44.7. The molecule has 2 aromatic rings. The van der Waals surface area contributed by atoms with E-state index in [1.54, 1.807) is 7.11 Å². The molecule has 3 N–H and O–H groups in total. The highest BCUT2D eigenvalue weighted by molar-refractivity contribution is 7.89. The van der Waals surface area contributed by atoms with E-state index < -0.39 is 34.0 Å². The monoisotopic (exact) mass is 630 g/mol. The van der Waals surface area contributed by atoms with Crippen LogP contribution in [0.3, 0.4) is 0 Å². The predicted molar refractivity (Wildman–Crippen MR) is 164 cm³/mol. The molecule has 0 saturated carbocycles. The van der Waals surface area contributed by atoms with Gasteiger partial charge in [0.05, 0.1) is 30.2 Å². The Morgan fingerprint density at radius 2 is 1.84 bits per heavy atom. The largest absolute Gasteiger partial charge is 0.454 e. The Kier molecular flexibility index (Phi) is 13.4. The molecule has 0 radical (unpaired) electrons. The number of aliphatic hydroxyl groups is 1. The van der Waals surface area contributed by atoms with E-state index in [2.05, 4.69) is 16.7 Å². The molecule has 0 saturated heterocycles. The van der Waals surface area contributed by atoms with Crippen LogP contribution in [-0.2, 0) is 30.8 Å². The molecule has 3 rings (SSSR count). The maximum absolute atomic E-state index is 13.9. The highest BCUT2D eigenvalue weighted by Crippen LogP contribution is 2.35. The predicted octanol–water partition coefficient (Wildman–Crippen LogP) is 1.54. The Bertz CT molecular complexity index is 1380. The van der Waals surface area contributed by atoms with Crippen LogP contribution in [0.2, 0.25) is 0 Å². The lowest BCUT2D eigenvalue weighted by Crippen LogP contribution is -2.60. The van der Waals surface area contributed by atoms with Crippen molar-refractivity contribution in [1.29, 1.82) is 0 Å². The highest BCUT2D eigenvalue weighted by atomic mass is 32.2. The zero-order valence-electron chi connectivity index (χ0n) is 25.4. The fourth-order valence-corrected chi connectivity index (χ4v) is 6.27. The summed E-state index contributed by atoms with van der Waals surface area (Å²) in [6, 6.07) is 12.4. The molecule has 1 aliphatic rings. The van der Waals surface area contributed by atoms with Crippen molar-refractivity contribution in [2.45, 2.75) is 50.2 Å². The highest BCUT2D eigenvalue weighted by Gasteiger charge is 2.36. The minimum absolute atomic E-state index is 0.00835. The number of ether oxygens (including phenoxy) is 3. The lowest BCUT2D eigenvalue weighted by atomic mass is 9.99. The van der Waals surface area contributed by atoms with Crippen LogP contribution in [0.4, 0.5) is 0 Å². The molecular weight excluding hydrogens is 588 g/mol. The quantitative estimate of drug-likeness (QED) is 0.135. The van der Waals surface area contributed by atoms with Crippen LogP contribution >= 0.6 is 0 Å². The Hall–Kier alpha value is -3.67. The van der Waals surface area contributed by atoms with E-state index in [0.717, 1.165) is 10.6 Å². The first-order chi connectivity index (χ1) is 21.1. The van der Waals surface area contributed by atoms with Gasteiger partial charge in [-0.15, -0.1) is 12.3 Å². The summed E-state index contributed by atoms with van der Waals surface area (Å²) in [4.78, 5) is 26.3. The second-order valence-electron chi connectivity index (χ2n) is 10.7. The van der Waals surface area contributed by atoms with E-state index in [1.807, 2.05) is 44.2 Å². The van der Waals surface area contributed by atoms with E-state index in [-0.39, 0.29) is 56.5 Å². The van der Waals surface area contributed by atoms with E-state index in [0.29, 0.717) is 24.7 Å². The summed E-state index contributed by atoms with van der Waals surface area (Å²) in [5.41, 5.74) is 3.40. The maximum Gasteiger partial charge on any atom is 0.252 e. The molecule has 1 aliphatic heterocycles. The van der Waals surface area contributed by atoms with Gasteiger partial charge in [-0.05, 0) is 30.0 Å². The van der Waals surface area contributed by atoms with Crippen molar-refractivity contribution in [2.75, 3.05) is 46.7 Å². The molecule has 12 nitrogen and oxygen atoms in total. The summed E-state index contributed by atoms with van der Waals surface area (Å²) in [5.74, 6) is 2.05. The van der Waals surface area contributed by atoms with Gasteiger partial charge in [0.25, 0.3) is 5.91 Å². The Balaban J connectivity index is 1.95. The number of rotatable bonds is 17. The van der Waals surface area contributed by atoms with Crippen LogP contribution in [0.1, 0.15) is 32.3 Å². The lowest BCUT2D eigenvalue weighted by Gasteiger charge is -2.37. The standard InChI is InChI=1S/C31H42N4O8S/c1-5-6-12-31(38)35(33-30(37)19-32-15-16-41-4)26(17-24-10-8-7-9-11-24)27(36)21-34(20-23(2)3)44(39,40)25-13-14-28-29(18-25)43-22-42-28/h1,7-11,13-14,18,23,26-27,32,36H,6,12,15-17,19-22H2,2-4H3,(H,33,37)/t26-,27+/m0/s1. The van der Waals surface area contributed by atoms with Crippen LogP contribution in [-0.4, -0.2) is 93.5 Å². The number of hydrazine groups is 1. The molecule has 0 aromatic heterocycles. The van der Waals surface area contributed by atoms with Crippen molar-refractivity contribution in [3.8, 4) is 23.8 Å². The van der Waals surface area contributed by atoms with Crippen LogP contribution in [0.15, 0.2) is 53.4 Å². The average molecular weight is 631 g/mol. The number of nitrogens with one attached hydrogen (secondary N) is 2. The summed E-state index contributed by atoms with van der Waals surface area (Å²) in [6.45, 7) is 4.13. The van der Waals surface area contributed by atoms with Crippen molar-refractivity contribution < 1.29 is 37.3 Å². The fourth-order valence-electron chi connectivity index (χ4n) is 4.63. The molecule has 2 atom stereocenters. The zero-order valence-corrected chi connectivity index (χ0v) is 26.2. The number of nitrogens with zero attached hydrogens (tertiary/aromatic N) is 2. The van der Waals surface area contributed by atoms with Crippen molar-refractivity contribution >= 4 is 21.8 Å². The van der Waals surface area contributed by atoms with Crippen LogP contribution < -0.4 is 20.2 Å². The lowest BCUT2D eigenvalue weighted by molar-refractivity contribution is -0.147. The minimum Gasteiger partial charge on any atom is -0.454 e. The molecule has 13 heteroatoms. The van der Waals surface area contributed by atoms with Gasteiger partial charge >= 0.3 is 0 Å². The van der Waals surface area contributed by atoms with Gasteiger partial charge in [-0.25, -0.2) is 13.4 Å². The molecule has 0 bridgehead atoms. The SMILES string of the molecule is C#CCCC(=O)N(NC(=O)CNCCOC)[C@@H](Cc1ccccc1)[C@H](O)CN(CC(C)C)S(=O)(=O)c1ccc2c(c1)OCO2. The van der Waals surface area contributed by atoms with E-state index in [9.17, 15) is 23.1 Å². The van der Waals surface area contributed by atoms with Crippen molar-refractivity contribution in [1.82, 2.24) is 20.1 Å². The van der Waals surface area contributed by atoms with Crippen LogP contribution in [0, 0.1) is 18.3 Å². The molecule has 1 heterocycles. The third-order valence-electron chi connectivity index (χ3n) is 6.77. The normalized spacial score (nSPS) is 13.8. The Labute approximate surface area is 259 Å². The fraction of sp³-hybridized carbons (Fsp3) is 0.484. The maximum atomic E-state index is 13.9. The second-order valence-corrected chi connectivity index (χ2v) is 12.7. The van der Waals surface area contributed by atoms with Crippen LogP contribution in [0.5, 0.6) is 11.5 Å². The molecule has 0 aliphatic carbocycles. The van der Waals surface area contributed by atoms with Crippen LogP contribution in [0.25, 0.3) is 0 Å². The van der Waals surface area contributed by atoms with Gasteiger partial charge in [-0.3, -0.25) is 15.0 Å². The van der Waals surface area contributed by atoms with E-state index in [1.165, 1.54) is 22.5 Å². The first-order valence-electron chi connectivity index (χ1n) is 14.4. The summed E-state index contributed by atoms with van der Waals surface area (Å²) in [5, 5.41) is 15.8. The number of carbonyl (C=O) groups is 2. The smallest absolute Gasteiger partial charge is 0.252 e. The van der Waals surface area contributed by atoms with E-state index >= 15 is 0 Å². The Morgan fingerprint density at radius 3 is 2.52 bits per heavy atom. The molecular formula is C31H42N4O8S. The van der Waals surface area contributed by atoms with Crippen molar-refractivity contribution in [3.63, 3.8) is 0 Å². The van der Waals surface area contributed by atoms with Gasteiger partial charge in [0, 0.05) is 45.7 Å². The number of hydrogen-bond acceptors (Lipinski definition) is 9. The first-order valence-corrected chi connectivity index (χ1v) is 15.9. The molecule has 0 fully saturated rings. The molecule has 240 valence electrons.